The molecule has 3 rings (SSSR count). The summed E-state index contributed by atoms with van der Waals surface area (Å²) in [6, 6.07) is 7.11. The summed E-state index contributed by atoms with van der Waals surface area (Å²) in [4.78, 5) is 22.9. The summed E-state index contributed by atoms with van der Waals surface area (Å²) in [6.07, 6.45) is 1.80. The second-order valence-electron chi connectivity index (χ2n) is 4.26. The van der Waals surface area contributed by atoms with Crippen molar-refractivity contribution in [2.75, 3.05) is 0 Å². The van der Waals surface area contributed by atoms with E-state index in [2.05, 4.69) is 0 Å². The number of benzene rings is 1. The highest BCUT2D eigenvalue weighted by Gasteiger charge is 2.16. The fourth-order valence-electron chi connectivity index (χ4n) is 2.51. The molecule has 86 valence electrons. The van der Waals surface area contributed by atoms with Crippen LogP contribution in [0.25, 0.3) is 10.9 Å². The zero-order valence-corrected chi connectivity index (χ0v) is 9.10. The van der Waals surface area contributed by atoms with Gasteiger partial charge >= 0.3 is 0 Å². The Morgan fingerprint density at radius 1 is 1.35 bits per heavy atom. The molecule has 1 aliphatic heterocycles. The number of pyridine rings is 1. The van der Waals surface area contributed by atoms with Gasteiger partial charge in [-0.3, -0.25) is 4.79 Å². The molecule has 17 heavy (non-hydrogen) atoms. The van der Waals surface area contributed by atoms with Crippen molar-refractivity contribution in [1.29, 1.82) is 0 Å². The second-order valence-corrected chi connectivity index (χ2v) is 4.26. The highest BCUT2D eigenvalue weighted by Crippen LogP contribution is 2.23. The van der Waals surface area contributed by atoms with Gasteiger partial charge in [0.15, 0.2) is 0 Å². The van der Waals surface area contributed by atoms with E-state index in [1.165, 1.54) is 6.07 Å². The van der Waals surface area contributed by atoms with E-state index in [4.69, 9.17) is 0 Å². The molecule has 0 saturated heterocycles. The summed E-state index contributed by atoms with van der Waals surface area (Å²) in [5.41, 5.74) is 1.27. The van der Waals surface area contributed by atoms with Crippen molar-refractivity contribution in [2.24, 2.45) is 0 Å². The van der Waals surface area contributed by atoms with Crippen LogP contribution in [0.15, 0.2) is 29.1 Å². The van der Waals surface area contributed by atoms with Gasteiger partial charge in [0.1, 0.15) is 0 Å². The fourth-order valence-corrected chi connectivity index (χ4v) is 2.51. The number of rotatable bonds is 1. The largest absolute Gasteiger partial charge is 0.545 e. The Morgan fingerprint density at radius 2 is 2.18 bits per heavy atom. The summed E-state index contributed by atoms with van der Waals surface area (Å²) in [5, 5.41) is 11.7. The lowest BCUT2D eigenvalue weighted by atomic mass is 10.00. The summed E-state index contributed by atoms with van der Waals surface area (Å²) in [7, 11) is 0. The van der Waals surface area contributed by atoms with E-state index < -0.39 is 11.5 Å². The van der Waals surface area contributed by atoms with Crippen molar-refractivity contribution in [3.05, 3.63) is 45.7 Å². The first kappa shape index (κ1) is 10.1. The Bertz CT molecular complexity index is 685. The Labute approximate surface area is 97.1 Å². The summed E-state index contributed by atoms with van der Waals surface area (Å²) in [5.74, 6) is -1.41. The molecule has 0 radical (unpaired) electrons. The van der Waals surface area contributed by atoms with E-state index in [0.29, 0.717) is 6.54 Å². The third kappa shape index (κ3) is 1.37. The van der Waals surface area contributed by atoms with E-state index in [9.17, 15) is 14.7 Å². The number of carbonyl (C=O) groups is 1. The number of hydrogen-bond donors (Lipinski definition) is 0. The molecule has 1 aromatic heterocycles. The smallest absolute Gasteiger partial charge is 0.260 e. The third-order valence-corrected chi connectivity index (χ3v) is 3.24. The lowest BCUT2D eigenvalue weighted by Crippen LogP contribution is -2.35. The predicted octanol–water partition coefficient (Wildman–Crippen LogP) is 0.311. The quantitative estimate of drug-likeness (QED) is 0.705. The molecule has 0 atom stereocenters. The van der Waals surface area contributed by atoms with E-state index in [1.807, 2.05) is 18.2 Å². The van der Waals surface area contributed by atoms with Crippen LogP contribution in [0.5, 0.6) is 0 Å². The average molecular weight is 228 g/mol. The lowest BCUT2D eigenvalue weighted by molar-refractivity contribution is -0.255. The van der Waals surface area contributed by atoms with Crippen molar-refractivity contribution in [2.45, 2.75) is 19.4 Å². The normalized spacial score (nSPS) is 13.9. The molecular weight excluding hydrogens is 218 g/mol. The van der Waals surface area contributed by atoms with Gasteiger partial charge in [-0.25, -0.2) is 0 Å². The van der Waals surface area contributed by atoms with Gasteiger partial charge in [-0.05, 0) is 29.9 Å². The van der Waals surface area contributed by atoms with Gasteiger partial charge in [0.25, 0.3) is 5.56 Å². The summed E-state index contributed by atoms with van der Waals surface area (Å²) < 4.78 is 1.55. The molecule has 0 amide bonds. The van der Waals surface area contributed by atoms with Gasteiger partial charge in [0.2, 0.25) is 0 Å². The number of carboxylic acid groups (broad SMARTS) is 1. The minimum absolute atomic E-state index is 0.253. The van der Waals surface area contributed by atoms with Gasteiger partial charge in [-0.1, -0.05) is 18.2 Å². The van der Waals surface area contributed by atoms with Crippen molar-refractivity contribution < 1.29 is 9.90 Å². The number of carbonyl (C=O) groups excluding carboxylic acids is 1. The van der Waals surface area contributed by atoms with E-state index in [1.54, 1.807) is 4.57 Å². The van der Waals surface area contributed by atoms with Crippen molar-refractivity contribution in [3.8, 4) is 0 Å². The van der Waals surface area contributed by atoms with Gasteiger partial charge in [-0.2, -0.15) is 0 Å². The molecule has 0 aliphatic carbocycles. The standard InChI is InChI=1S/C13H11NO3/c15-12-10(13(16)17)7-9-4-1-3-8-5-2-6-14(12)11(8)9/h1,3-4,7H,2,5-6H2,(H,16,17)/p-1. The molecule has 2 heterocycles. The molecule has 0 N–H and O–H groups in total. The third-order valence-electron chi connectivity index (χ3n) is 3.24. The first-order valence-corrected chi connectivity index (χ1v) is 5.55. The Hall–Kier alpha value is -2.10. The maximum Gasteiger partial charge on any atom is 0.260 e. The summed E-state index contributed by atoms with van der Waals surface area (Å²) >= 11 is 0. The minimum Gasteiger partial charge on any atom is -0.545 e. The number of aryl methyl sites for hydroxylation is 2. The van der Waals surface area contributed by atoms with Crippen LogP contribution in [0.3, 0.4) is 0 Å². The van der Waals surface area contributed by atoms with E-state index in [0.717, 1.165) is 29.3 Å². The minimum atomic E-state index is -1.41. The summed E-state index contributed by atoms with van der Waals surface area (Å²) in [6.45, 7) is 0.577. The van der Waals surface area contributed by atoms with Gasteiger partial charge in [0.05, 0.1) is 17.0 Å². The SMILES string of the molecule is O=C([O-])c1cc2cccc3c2n(c1=O)CCC3. The monoisotopic (exact) mass is 228 g/mol. The maximum absolute atomic E-state index is 12.0. The average Bonchev–Trinajstić information content (AvgIpc) is 2.33. The number of hydrogen-bond acceptors (Lipinski definition) is 3. The Morgan fingerprint density at radius 3 is 2.94 bits per heavy atom. The van der Waals surface area contributed by atoms with Crippen LogP contribution in [0.1, 0.15) is 22.3 Å². The van der Waals surface area contributed by atoms with Crippen molar-refractivity contribution in [3.63, 3.8) is 0 Å². The van der Waals surface area contributed by atoms with E-state index >= 15 is 0 Å². The van der Waals surface area contributed by atoms with Crippen LogP contribution in [0.4, 0.5) is 0 Å². The number of nitrogens with zero attached hydrogens (tertiary/aromatic N) is 1. The highest BCUT2D eigenvalue weighted by molar-refractivity contribution is 5.92. The predicted molar refractivity (Wildman–Crippen MR) is 60.9 cm³/mol. The van der Waals surface area contributed by atoms with Crippen LogP contribution in [-0.4, -0.2) is 10.5 Å². The van der Waals surface area contributed by atoms with Gasteiger partial charge in [0, 0.05) is 6.54 Å². The highest BCUT2D eigenvalue weighted by atomic mass is 16.4. The number of aromatic nitrogens is 1. The maximum atomic E-state index is 12.0. The van der Waals surface area contributed by atoms with Crippen LogP contribution >= 0.6 is 0 Å². The first-order chi connectivity index (χ1) is 8.18. The first-order valence-electron chi connectivity index (χ1n) is 5.55. The number of carboxylic acids is 1. The zero-order valence-electron chi connectivity index (χ0n) is 9.10. The second kappa shape index (κ2) is 3.45. The Balaban J connectivity index is 2.51. The van der Waals surface area contributed by atoms with Crippen LogP contribution < -0.4 is 10.7 Å². The molecule has 4 nitrogen and oxygen atoms in total. The zero-order chi connectivity index (χ0) is 12.0. The molecule has 1 aliphatic rings. The van der Waals surface area contributed by atoms with Gasteiger partial charge in [-0.15, -0.1) is 0 Å². The molecular formula is C13H10NO3-. The van der Waals surface area contributed by atoms with E-state index in [-0.39, 0.29) is 5.56 Å². The van der Waals surface area contributed by atoms with Gasteiger partial charge < -0.3 is 14.5 Å². The Kier molecular flexibility index (Phi) is 2.04. The topological polar surface area (TPSA) is 62.1 Å². The molecule has 0 spiro atoms. The number of para-hydroxylation sites is 1. The van der Waals surface area contributed by atoms with Crippen LogP contribution in [0, 0.1) is 0 Å². The molecule has 2 aromatic rings. The van der Waals surface area contributed by atoms with Crippen molar-refractivity contribution >= 4 is 16.9 Å². The molecule has 0 unspecified atom stereocenters. The molecule has 0 saturated carbocycles. The van der Waals surface area contributed by atoms with Crippen LogP contribution in [-0.2, 0) is 13.0 Å². The van der Waals surface area contributed by atoms with Crippen molar-refractivity contribution in [1.82, 2.24) is 4.57 Å². The number of aromatic carboxylic acids is 1. The molecule has 1 aromatic carbocycles. The molecule has 0 bridgehead atoms. The van der Waals surface area contributed by atoms with Crippen LogP contribution in [0.2, 0.25) is 0 Å². The molecule has 0 fully saturated rings. The molecule has 4 heteroatoms. The lowest BCUT2D eigenvalue weighted by Gasteiger charge is -2.20. The fraction of sp³-hybridized carbons (Fsp3) is 0.231.